The van der Waals surface area contributed by atoms with Gasteiger partial charge in [-0.2, -0.15) is 17.2 Å². The number of rotatable bonds is 30. The van der Waals surface area contributed by atoms with Crippen molar-refractivity contribution in [2.45, 2.75) is 49.7 Å². The fourth-order valence-electron chi connectivity index (χ4n) is 13.1. The second-order valence-electron chi connectivity index (χ2n) is 28.7. The molecule has 2 aliphatic carbocycles. The third-order valence-corrected chi connectivity index (χ3v) is 26.6. The van der Waals surface area contributed by atoms with Gasteiger partial charge >= 0.3 is 58.3 Å². The predicted octanol–water partition coefficient (Wildman–Crippen LogP) is 1.90. The van der Waals surface area contributed by atoms with Crippen LogP contribution in [0.5, 0.6) is 0 Å². The van der Waals surface area contributed by atoms with Crippen molar-refractivity contribution in [2.75, 3.05) is 92.5 Å². The molecule has 46 nitrogen and oxygen atoms in total. The van der Waals surface area contributed by atoms with Crippen LogP contribution in [0, 0.1) is 0 Å². The number of aromatic nitrogens is 4. The van der Waals surface area contributed by atoms with Crippen LogP contribution in [0.3, 0.4) is 0 Å². The summed E-state index contributed by atoms with van der Waals surface area (Å²) in [7, 11) is -19.0. The van der Waals surface area contributed by atoms with Gasteiger partial charge < -0.3 is 108 Å². The quantitative estimate of drug-likeness (QED) is 0.0174. The summed E-state index contributed by atoms with van der Waals surface area (Å²) in [5.74, 6) is -3.33. The number of H-pyrrole nitrogens is 2. The van der Waals surface area contributed by atoms with Gasteiger partial charge in [0.15, 0.2) is 0 Å². The highest BCUT2D eigenvalue weighted by molar-refractivity contribution is 7.67. The number of hydrogen-bond acceptors (Lipinski definition) is 30. The second-order valence-corrected chi connectivity index (χ2v) is 37.6. The van der Waals surface area contributed by atoms with Crippen LogP contribution in [0.4, 0.5) is 11.4 Å². The van der Waals surface area contributed by atoms with E-state index in [9.17, 15) is 106 Å². The van der Waals surface area contributed by atoms with Crippen LogP contribution < -0.4 is 73.0 Å². The maximum Gasteiger partial charge on any atom is 0.490 e. The molecular formula is C74H80N10O36P6. The zero-order valence-electron chi connectivity index (χ0n) is 67.0. The molecule has 6 aromatic rings. The Balaban J connectivity index is 0.000000245. The maximum atomic E-state index is 13.5. The summed E-state index contributed by atoms with van der Waals surface area (Å²) in [6.45, 7) is -2.33. The van der Waals surface area contributed by atoms with E-state index in [-0.39, 0.29) is 70.4 Å². The van der Waals surface area contributed by atoms with Crippen molar-refractivity contribution in [2.24, 2.45) is 0 Å². The molecule has 52 heteroatoms. The highest BCUT2D eigenvalue weighted by atomic mass is 31.3. The first kappa shape index (κ1) is 95.9. The number of hydrogen-bond donors (Lipinski definition) is 14. The number of aromatic carboxylic acids is 2. The number of aromatic amines is 2. The molecule has 2 aromatic heterocycles. The lowest BCUT2D eigenvalue weighted by molar-refractivity contribution is -0.256. The Morgan fingerprint density at radius 3 is 1.28 bits per heavy atom. The number of phosphoric ester groups is 2. The van der Waals surface area contributed by atoms with E-state index in [1.165, 1.54) is 60.7 Å². The van der Waals surface area contributed by atoms with Crippen molar-refractivity contribution >= 4 is 116 Å². The summed E-state index contributed by atoms with van der Waals surface area (Å²) < 4.78 is 122. The number of benzene rings is 6. The summed E-state index contributed by atoms with van der Waals surface area (Å²) in [5.41, 5.74) is 1.14. The van der Waals surface area contributed by atoms with Gasteiger partial charge in [-0.3, -0.25) is 47.3 Å². The summed E-state index contributed by atoms with van der Waals surface area (Å²) in [4.78, 5) is 183. The van der Waals surface area contributed by atoms with Gasteiger partial charge in [0.25, 0.3) is 22.9 Å². The van der Waals surface area contributed by atoms with E-state index in [1.54, 1.807) is 0 Å². The molecule has 2 amide bonds. The molecule has 4 unspecified atom stereocenters. The van der Waals surface area contributed by atoms with Crippen molar-refractivity contribution in [3.05, 3.63) is 220 Å². The number of carboxylic acids is 2. The van der Waals surface area contributed by atoms with Crippen LogP contribution in [-0.2, 0) is 63.2 Å². The van der Waals surface area contributed by atoms with Gasteiger partial charge in [-0.25, -0.2) is 46.1 Å². The van der Waals surface area contributed by atoms with Gasteiger partial charge in [-0.15, -0.1) is 0 Å². The number of amides is 2. The van der Waals surface area contributed by atoms with Gasteiger partial charge in [0, 0.05) is 157 Å². The highest BCUT2D eigenvalue weighted by Crippen LogP contribution is 2.68. The number of nitrogens with one attached hydrogen (secondary N) is 4. The summed E-state index contributed by atoms with van der Waals surface area (Å²) in [6, 6.07) is 30.3. The van der Waals surface area contributed by atoms with Crippen molar-refractivity contribution in [3.8, 4) is 44.9 Å². The molecule has 6 heterocycles. The normalized spacial score (nSPS) is 18.7. The Bertz CT molecular complexity index is 6690. The number of anilines is 2. The molecule has 0 saturated carbocycles. The van der Waals surface area contributed by atoms with Crippen LogP contribution in [-0.4, -0.2) is 199 Å². The number of carbonyl (C=O) groups is 4. The van der Waals surface area contributed by atoms with E-state index in [1.807, 2.05) is 148 Å². The minimum absolute atomic E-state index is 0.0174. The van der Waals surface area contributed by atoms with Crippen molar-refractivity contribution in [1.29, 1.82) is 0 Å². The monoisotopic (exact) mass is 1870 g/mol. The first-order valence-electron chi connectivity index (χ1n) is 36.8. The maximum absolute atomic E-state index is 13.5. The molecule has 2 saturated heterocycles. The van der Waals surface area contributed by atoms with E-state index in [2.05, 4.69) is 46.9 Å². The van der Waals surface area contributed by atoms with E-state index in [0.29, 0.717) is 55.7 Å². The molecule has 12 rings (SSSR count). The Kier molecular flexibility index (Phi) is 29.2. The van der Waals surface area contributed by atoms with E-state index in [4.69, 9.17) is 37.9 Å². The molecule has 4 aliphatic heterocycles. The molecule has 0 radical (unpaired) electrons. The van der Waals surface area contributed by atoms with E-state index >= 15 is 0 Å². The molecule has 4 aromatic carbocycles. The highest BCUT2D eigenvalue weighted by Gasteiger charge is 2.45. The average Bonchev–Trinajstić information content (AvgIpc) is 0.958. The van der Waals surface area contributed by atoms with E-state index in [0.717, 1.165) is 43.6 Å². The Morgan fingerprint density at radius 1 is 0.500 bits per heavy atom. The van der Waals surface area contributed by atoms with Gasteiger partial charge in [0.05, 0.1) is 60.6 Å². The lowest BCUT2D eigenvalue weighted by Gasteiger charge is -2.20. The standard InChI is InChI=1S/2C37H40N5O18P3/c1-40(2)22-8-11-25-29(15-22)57-30-16-23(41(3)4)9-12-26(30)33(25)27-14-20(7-10-24(27)36(46)47)34(44)38-13-5-6-21-18-42(37(48)39-35(21)45)32-17-28(43)31(58-32)19-56-62(52,53)60-63(54,55)59-61(49,50)51;1-40(2)22-8-11-25-29(15-22)57-30-16-23(41(3)4)9-12-26(30)33(25)24-10-7-20(14-27(24)36(46)47)34(44)38-13-5-6-21-18-42(37(48)39-35(21)45)32-17-28(43)31(58-32)19-56-62(52,53)60-63(54,55)59-61(49,50)51/h2*5-12,14-16,18,28,31-32,43H,13,17,19H2,1-4H3,(H6-,38,39,44,45,46,47,48,49,50,51,52,53,54,55)/b2*6-5+/t2*28-,31+,32+/m00/s1. The Morgan fingerprint density at radius 2 is 0.889 bits per heavy atom. The molecule has 0 bridgehead atoms. The number of ether oxygens (including phenoxy) is 2. The number of nitrogens with zero attached hydrogens (tertiary/aromatic N) is 6. The second kappa shape index (κ2) is 38.4. The fraction of sp³-hybridized carbons (Fsp3) is 0.270. The SMILES string of the molecule is CN(C)c1ccc2c(-c3cc(C(=O)NC/C=C/c4cn([C@H]5C[C@H](O)[C@@H](COP(=O)(O)OP(=O)(O)OP(=O)(O)O)O5)c(=O)[nH]c4=O)ccc3C(=O)[O-])c3ccc(=[N+](C)C)cc-3oc2c1.CN(C)c1ccc2c(-c3ccc(C(=O)NC/C=C/c4cn([C@H]5C[C@H](O)[C@@H](COP(=O)(O)OP(=O)(O)OP(=O)(O)O)O5)c(=O)[nH]c4=O)cc3C(=O)[O-])c3ccc(=[N+](C)C)cc-3oc2c1. The third kappa shape index (κ3) is 23.7. The third-order valence-electron chi connectivity index (χ3n) is 19.0. The number of carboxylic acid groups (broad SMARTS) is 2. The summed E-state index contributed by atoms with van der Waals surface area (Å²) in [6.07, 6.45) is -1.70. The van der Waals surface area contributed by atoms with Crippen LogP contribution in [0.25, 0.3) is 79.0 Å². The molecular weight excluding hydrogens is 1790 g/mol. The Labute approximate surface area is 709 Å². The topological polar surface area (TPSA) is 666 Å². The van der Waals surface area contributed by atoms with Gasteiger partial charge in [0.1, 0.15) is 75.5 Å². The smallest absolute Gasteiger partial charge is 0.490 e. The summed E-state index contributed by atoms with van der Waals surface area (Å²) in [5, 5.41) is 54.3. The van der Waals surface area contributed by atoms with Crippen molar-refractivity contribution in [1.82, 2.24) is 38.9 Å². The lowest BCUT2D eigenvalue weighted by atomic mass is 9.89. The van der Waals surface area contributed by atoms with Gasteiger partial charge in [0.2, 0.25) is 10.7 Å². The molecule has 126 heavy (non-hydrogen) atoms. The van der Waals surface area contributed by atoms with Crippen LogP contribution in [0.1, 0.15) is 77.9 Å². The first-order valence-corrected chi connectivity index (χ1v) is 45.8. The molecule has 0 spiro atoms. The average molecular weight is 1870 g/mol. The number of carbonyl (C=O) groups excluding carboxylic acids is 4. The van der Waals surface area contributed by atoms with Gasteiger partial charge in [-0.1, -0.05) is 36.4 Å². The summed E-state index contributed by atoms with van der Waals surface area (Å²) >= 11 is 0. The number of phosphoric acid groups is 6. The van der Waals surface area contributed by atoms with Crippen molar-refractivity contribution in [3.63, 3.8) is 0 Å². The molecule has 10 atom stereocenters. The minimum Gasteiger partial charge on any atom is -0.545 e. The lowest BCUT2D eigenvalue weighted by Crippen LogP contribution is -2.33. The number of aliphatic hydroxyl groups excluding tert-OH is 2. The molecule has 6 aliphatic rings. The number of aliphatic hydroxyl groups is 2. The first-order chi connectivity index (χ1) is 58.8. The van der Waals surface area contributed by atoms with Crippen LogP contribution >= 0.6 is 46.9 Å². The Hall–Kier alpha value is -10.8. The van der Waals surface area contributed by atoms with E-state index < -0.39 is 143 Å². The van der Waals surface area contributed by atoms with Gasteiger partial charge in [-0.05, 0) is 71.8 Å². The minimum atomic E-state index is -5.80. The molecule has 672 valence electrons. The molecule has 2 fully saturated rings. The zero-order valence-corrected chi connectivity index (χ0v) is 72.4. The largest absolute Gasteiger partial charge is 0.545 e. The number of fused-ring (bicyclic) bond motifs is 4. The van der Waals surface area contributed by atoms with Crippen LogP contribution in [0.15, 0.2) is 162 Å². The molecule has 14 N–H and O–H groups in total. The zero-order chi connectivity index (χ0) is 92.4. The predicted molar refractivity (Wildman–Crippen MR) is 442 cm³/mol. The fourth-order valence-corrected chi connectivity index (χ4v) is 19.2. The van der Waals surface area contributed by atoms with Crippen molar-refractivity contribution < 1.29 is 151 Å². The van der Waals surface area contributed by atoms with Crippen LogP contribution in [0.2, 0.25) is 0 Å².